The topological polar surface area (TPSA) is 29.9 Å². The van der Waals surface area contributed by atoms with Gasteiger partial charge in [0.2, 0.25) is 0 Å². The van der Waals surface area contributed by atoms with Crippen LogP contribution >= 0.6 is 0 Å². The van der Waals surface area contributed by atoms with Crippen LogP contribution in [-0.4, -0.2) is 16.3 Å². The Morgan fingerprint density at radius 3 is 2.76 bits per heavy atom. The standard InChI is InChI=1S/C13H16FN3/c1-3-15-9-11-5-4-10(8-12(11)14)13-6-7-17(2)16-13/h4-8,15H,3,9H2,1-2H3. The van der Waals surface area contributed by atoms with Crippen LogP contribution in [0.3, 0.4) is 0 Å². The van der Waals surface area contributed by atoms with Crippen LogP contribution < -0.4 is 5.32 Å². The predicted molar refractivity (Wildman–Crippen MR) is 66.0 cm³/mol. The molecule has 0 aliphatic rings. The van der Waals surface area contributed by atoms with E-state index in [0.717, 1.165) is 17.8 Å². The van der Waals surface area contributed by atoms with E-state index in [1.807, 2.05) is 38.4 Å². The second kappa shape index (κ2) is 5.10. The zero-order chi connectivity index (χ0) is 12.3. The fourth-order valence-corrected chi connectivity index (χ4v) is 1.68. The van der Waals surface area contributed by atoms with Crippen LogP contribution in [0.4, 0.5) is 4.39 Å². The van der Waals surface area contributed by atoms with Gasteiger partial charge >= 0.3 is 0 Å². The first-order valence-corrected chi connectivity index (χ1v) is 5.70. The molecule has 0 atom stereocenters. The normalized spacial score (nSPS) is 10.8. The molecular formula is C13H16FN3. The smallest absolute Gasteiger partial charge is 0.128 e. The quantitative estimate of drug-likeness (QED) is 0.878. The molecule has 0 spiro atoms. The van der Waals surface area contributed by atoms with Crippen molar-refractivity contribution in [1.29, 1.82) is 0 Å². The number of aromatic nitrogens is 2. The highest BCUT2D eigenvalue weighted by Crippen LogP contribution is 2.20. The lowest BCUT2D eigenvalue weighted by molar-refractivity contribution is 0.594. The molecule has 0 saturated carbocycles. The summed E-state index contributed by atoms with van der Waals surface area (Å²) >= 11 is 0. The van der Waals surface area contributed by atoms with Crippen LogP contribution in [0.25, 0.3) is 11.3 Å². The minimum atomic E-state index is -0.186. The SMILES string of the molecule is CCNCc1ccc(-c2ccn(C)n2)cc1F. The molecule has 0 fully saturated rings. The fourth-order valence-electron chi connectivity index (χ4n) is 1.68. The zero-order valence-corrected chi connectivity index (χ0v) is 10.1. The van der Waals surface area contributed by atoms with E-state index in [1.165, 1.54) is 6.07 Å². The van der Waals surface area contributed by atoms with E-state index < -0.39 is 0 Å². The Balaban J connectivity index is 2.24. The molecule has 17 heavy (non-hydrogen) atoms. The number of hydrogen-bond donors (Lipinski definition) is 1. The number of aryl methyl sites for hydroxylation is 1. The molecule has 3 nitrogen and oxygen atoms in total. The minimum absolute atomic E-state index is 0.186. The molecule has 0 amide bonds. The summed E-state index contributed by atoms with van der Waals surface area (Å²) in [7, 11) is 1.85. The third-order valence-electron chi connectivity index (χ3n) is 2.63. The van der Waals surface area contributed by atoms with Gasteiger partial charge in [0.25, 0.3) is 0 Å². The van der Waals surface area contributed by atoms with E-state index >= 15 is 0 Å². The summed E-state index contributed by atoms with van der Waals surface area (Å²) in [4.78, 5) is 0. The molecule has 4 heteroatoms. The first-order valence-electron chi connectivity index (χ1n) is 5.70. The van der Waals surface area contributed by atoms with E-state index in [-0.39, 0.29) is 5.82 Å². The monoisotopic (exact) mass is 233 g/mol. The van der Waals surface area contributed by atoms with Crippen molar-refractivity contribution in [3.63, 3.8) is 0 Å². The Morgan fingerprint density at radius 1 is 1.35 bits per heavy atom. The number of nitrogens with zero attached hydrogens (tertiary/aromatic N) is 2. The number of nitrogens with one attached hydrogen (secondary N) is 1. The second-order valence-electron chi connectivity index (χ2n) is 3.96. The molecule has 90 valence electrons. The average molecular weight is 233 g/mol. The largest absolute Gasteiger partial charge is 0.313 e. The lowest BCUT2D eigenvalue weighted by Gasteiger charge is -2.05. The van der Waals surface area contributed by atoms with Crippen LogP contribution in [0.15, 0.2) is 30.5 Å². The zero-order valence-electron chi connectivity index (χ0n) is 10.1. The van der Waals surface area contributed by atoms with Gasteiger partial charge in [0.1, 0.15) is 5.82 Å². The van der Waals surface area contributed by atoms with Crippen LogP contribution in [0.5, 0.6) is 0 Å². The minimum Gasteiger partial charge on any atom is -0.313 e. The van der Waals surface area contributed by atoms with E-state index in [4.69, 9.17) is 0 Å². The molecule has 2 rings (SSSR count). The van der Waals surface area contributed by atoms with Crippen LogP contribution in [0.1, 0.15) is 12.5 Å². The van der Waals surface area contributed by atoms with Gasteiger partial charge in [-0.05, 0) is 18.7 Å². The highest BCUT2D eigenvalue weighted by molar-refractivity contribution is 5.59. The van der Waals surface area contributed by atoms with Gasteiger partial charge in [-0.15, -0.1) is 0 Å². The van der Waals surface area contributed by atoms with Gasteiger partial charge in [0.05, 0.1) is 5.69 Å². The second-order valence-corrected chi connectivity index (χ2v) is 3.96. The molecule has 0 aliphatic carbocycles. The summed E-state index contributed by atoms with van der Waals surface area (Å²) in [5.41, 5.74) is 2.29. The van der Waals surface area contributed by atoms with Crippen molar-refractivity contribution in [2.24, 2.45) is 7.05 Å². The summed E-state index contributed by atoms with van der Waals surface area (Å²) in [5, 5.41) is 7.36. The summed E-state index contributed by atoms with van der Waals surface area (Å²) in [5.74, 6) is -0.186. The Morgan fingerprint density at radius 2 is 2.18 bits per heavy atom. The molecule has 2 aromatic rings. The molecule has 0 aliphatic heterocycles. The van der Waals surface area contributed by atoms with Crippen molar-refractivity contribution in [1.82, 2.24) is 15.1 Å². The number of rotatable bonds is 4. The Bertz CT molecular complexity index is 505. The molecule has 0 bridgehead atoms. The highest BCUT2D eigenvalue weighted by atomic mass is 19.1. The molecule has 1 aromatic carbocycles. The summed E-state index contributed by atoms with van der Waals surface area (Å²) < 4.78 is 15.5. The highest BCUT2D eigenvalue weighted by Gasteiger charge is 2.06. The third-order valence-corrected chi connectivity index (χ3v) is 2.63. The fraction of sp³-hybridized carbons (Fsp3) is 0.308. The summed E-state index contributed by atoms with van der Waals surface area (Å²) in [6, 6.07) is 7.12. The molecule has 0 radical (unpaired) electrons. The Hall–Kier alpha value is -1.68. The van der Waals surface area contributed by atoms with Gasteiger partial charge in [-0.2, -0.15) is 5.10 Å². The van der Waals surface area contributed by atoms with Gasteiger partial charge in [-0.25, -0.2) is 4.39 Å². The molecule has 1 heterocycles. The van der Waals surface area contributed by atoms with Crippen molar-refractivity contribution in [2.45, 2.75) is 13.5 Å². The lowest BCUT2D eigenvalue weighted by atomic mass is 10.1. The van der Waals surface area contributed by atoms with E-state index in [0.29, 0.717) is 12.1 Å². The average Bonchev–Trinajstić information content (AvgIpc) is 2.74. The maximum atomic E-state index is 13.8. The van der Waals surface area contributed by atoms with Crippen LogP contribution in [0.2, 0.25) is 0 Å². The number of benzene rings is 1. The van der Waals surface area contributed by atoms with Crippen molar-refractivity contribution < 1.29 is 4.39 Å². The van der Waals surface area contributed by atoms with Gasteiger partial charge in [-0.1, -0.05) is 19.1 Å². The summed E-state index contributed by atoms with van der Waals surface area (Å²) in [6.45, 7) is 3.40. The van der Waals surface area contributed by atoms with Crippen molar-refractivity contribution >= 4 is 0 Å². The first kappa shape index (κ1) is 11.8. The van der Waals surface area contributed by atoms with E-state index in [2.05, 4.69) is 10.4 Å². The predicted octanol–water partition coefficient (Wildman–Crippen LogP) is 2.34. The van der Waals surface area contributed by atoms with Gasteiger partial charge in [-0.3, -0.25) is 4.68 Å². The maximum Gasteiger partial charge on any atom is 0.128 e. The van der Waals surface area contributed by atoms with Crippen LogP contribution in [-0.2, 0) is 13.6 Å². The van der Waals surface area contributed by atoms with Gasteiger partial charge in [0.15, 0.2) is 0 Å². The molecule has 1 aromatic heterocycles. The van der Waals surface area contributed by atoms with Gasteiger partial charge in [0, 0.05) is 30.9 Å². The number of hydrogen-bond acceptors (Lipinski definition) is 2. The van der Waals surface area contributed by atoms with E-state index in [1.54, 1.807) is 4.68 Å². The lowest BCUT2D eigenvalue weighted by Crippen LogP contribution is -2.12. The first-order chi connectivity index (χ1) is 8.20. The van der Waals surface area contributed by atoms with Crippen LogP contribution in [0, 0.1) is 5.82 Å². The Labute approximate surface area is 100 Å². The van der Waals surface area contributed by atoms with Crippen molar-refractivity contribution in [3.05, 3.63) is 41.8 Å². The third kappa shape index (κ3) is 2.71. The van der Waals surface area contributed by atoms with Crippen molar-refractivity contribution in [2.75, 3.05) is 6.54 Å². The molecular weight excluding hydrogens is 217 g/mol. The van der Waals surface area contributed by atoms with E-state index in [9.17, 15) is 4.39 Å². The Kier molecular flexibility index (Phi) is 3.54. The molecule has 0 unspecified atom stereocenters. The maximum absolute atomic E-state index is 13.8. The summed E-state index contributed by atoms with van der Waals surface area (Å²) in [6.07, 6.45) is 1.85. The van der Waals surface area contributed by atoms with Crippen molar-refractivity contribution in [3.8, 4) is 11.3 Å². The molecule has 0 saturated heterocycles. The molecule has 1 N–H and O–H groups in total. The van der Waals surface area contributed by atoms with Gasteiger partial charge < -0.3 is 5.32 Å². The number of halogens is 1.